The van der Waals surface area contributed by atoms with E-state index in [0.29, 0.717) is 17.2 Å². The van der Waals surface area contributed by atoms with Gasteiger partial charge in [-0.1, -0.05) is 0 Å². The standard InChI is InChI=1S/C19H28N4O2/c24-18(17-14-20-7-8-21-17)23-9-1-4-19(15-23)5-10-22(11-6-19)16-2-12-25-13-3-16/h7-8,14,16H,1-6,9-13,15H2. The molecule has 4 heterocycles. The quantitative estimate of drug-likeness (QED) is 0.821. The molecular formula is C19H28N4O2. The van der Waals surface area contributed by atoms with Crippen LogP contribution in [0.1, 0.15) is 49.0 Å². The maximum absolute atomic E-state index is 12.7. The molecule has 1 aromatic rings. The van der Waals surface area contributed by atoms with Crippen LogP contribution in [0.2, 0.25) is 0 Å². The van der Waals surface area contributed by atoms with Gasteiger partial charge in [-0.3, -0.25) is 9.78 Å². The van der Waals surface area contributed by atoms with Crippen molar-refractivity contribution in [1.29, 1.82) is 0 Å². The predicted octanol–water partition coefficient (Wildman–Crippen LogP) is 1.97. The lowest BCUT2D eigenvalue weighted by Crippen LogP contribution is -2.53. The van der Waals surface area contributed by atoms with Crippen LogP contribution in [0.25, 0.3) is 0 Å². The van der Waals surface area contributed by atoms with E-state index >= 15 is 0 Å². The first-order valence-corrected chi connectivity index (χ1v) is 9.63. The van der Waals surface area contributed by atoms with E-state index in [1.54, 1.807) is 18.6 Å². The fourth-order valence-corrected chi connectivity index (χ4v) is 4.77. The summed E-state index contributed by atoms with van der Waals surface area (Å²) >= 11 is 0. The van der Waals surface area contributed by atoms with Crippen LogP contribution in [0.15, 0.2) is 18.6 Å². The Labute approximate surface area is 149 Å². The first kappa shape index (κ1) is 16.9. The Kier molecular flexibility index (Phi) is 4.99. The molecule has 0 atom stereocenters. The van der Waals surface area contributed by atoms with Crippen molar-refractivity contribution in [2.45, 2.75) is 44.6 Å². The molecule has 3 saturated heterocycles. The minimum Gasteiger partial charge on any atom is -0.381 e. The number of hydrogen-bond acceptors (Lipinski definition) is 5. The second kappa shape index (κ2) is 7.38. The molecule has 0 bridgehead atoms. The number of hydrogen-bond donors (Lipinski definition) is 0. The Morgan fingerprint density at radius 1 is 1.12 bits per heavy atom. The van der Waals surface area contributed by atoms with E-state index in [1.165, 1.54) is 32.1 Å². The van der Waals surface area contributed by atoms with Gasteiger partial charge in [0.15, 0.2) is 0 Å². The molecule has 0 radical (unpaired) electrons. The van der Waals surface area contributed by atoms with Crippen molar-refractivity contribution in [2.24, 2.45) is 5.41 Å². The molecule has 0 aliphatic carbocycles. The third-order valence-electron chi connectivity index (χ3n) is 6.30. The molecule has 25 heavy (non-hydrogen) atoms. The molecule has 6 nitrogen and oxygen atoms in total. The summed E-state index contributed by atoms with van der Waals surface area (Å²) in [4.78, 5) is 25.6. The molecule has 3 fully saturated rings. The summed E-state index contributed by atoms with van der Waals surface area (Å²) in [5.41, 5.74) is 0.775. The molecule has 1 amide bonds. The lowest BCUT2D eigenvalue weighted by Gasteiger charge is -2.49. The molecule has 3 aliphatic heterocycles. The van der Waals surface area contributed by atoms with Gasteiger partial charge in [-0.25, -0.2) is 4.98 Å². The minimum absolute atomic E-state index is 0.0408. The Morgan fingerprint density at radius 3 is 2.64 bits per heavy atom. The second-order valence-electron chi connectivity index (χ2n) is 7.80. The fourth-order valence-electron chi connectivity index (χ4n) is 4.77. The molecule has 0 saturated carbocycles. The van der Waals surface area contributed by atoms with Crippen LogP contribution in [0.3, 0.4) is 0 Å². The molecule has 6 heteroatoms. The number of likely N-dealkylation sites (tertiary alicyclic amines) is 2. The highest BCUT2D eigenvalue weighted by Gasteiger charge is 2.41. The zero-order valence-electron chi connectivity index (χ0n) is 14.9. The van der Waals surface area contributed by atoms with Crippen molar-refractivity contribution >= 4 is 5.91 Å². The van der Waals surface area contributed by atoms with Crippen molar-refractivity contribution in [3.8, 4) is 0 Å². The van der Waals surface area contributed by atoms with Gasteiger partial charge in [-0.15, -0.1) is 0 Å². The first-order valence-electron chi connectivity index (χ1n) is 9.63. The number of carbonyl (C=O) groups is 1. The largest absolute Gasteiger partial charge is 0.381 e. The molecule has 0 aromatic carbocycles. The molecule has 4 rings (SSSR count). The van der Waals surface area contributed by atoms with Gasteiger partial charge in [0, 0.05) is 44.7 Å². The third kappa shape index (κ3) is 3.70. The smallest absolute Gasteiger partial charge is 0.274 e. The number of ether oxygens (including phenoxy) is 1. The Bertz CT molecular complexity index is 580. The van der Waals surface area contributed by atoms with E-state index in [4.69, 9.17) is 4.74 Å². The molecule has 0 N–H and O–H groups in total. The van der Waals surface area contributed by atoms with Crippen molar-refractivity contribution in [3.63, 3.8) is 0 Å². The lowest BCUT2D eigenvalue weighted by atomic mass is 9.72. The fraction of sp³-hybridized carbons (Fsp3) is 0.737. The zero-order valence-corrected chi connectivity index (χ0v) is 14.9. The van der Waals surface area contributed by atoms with Crippen LogP contribution in [-0.2, 0) is 4.74 Å². The first-order chi connectivity index (χ1) is 12.3. The number of piperidine rings is 2. The Morgan fingerprint density at radius 2 is 1.92 bits per heavy atom. The lowest BCUT2D eigenvalue weighted by molar-refractivity contribution is -0.0152. The van der Waals surface area contributed by atoms with Crippen molar-refractivity contribution in [3.05, 3.63) is 24.3 Å². The second-order valence-corrected chi connectivity index (χ2v) is 7.80. The van der Waals surface area contributed by atoms with E-state index < -0.39 is 0 Å². The number of rotatable bonds is 2. The van der Waals surface area contributed by atoms with E-state index in [1.807, 2.05) is 4.90 Å². The third-order valence-corrected chi connectivity index (χ3v) is 6.30. The summed E-state index contributed by atoms with van der Waals surface area (Å²) in [5.74, 6) is 0.0408. The molecule has 1 aromatic heterocycles. The van der Waals surface area contributed by atoms with Crippen LogP contribution in [0.5, 0.6) is 0 Å². The van der Waals surface area contributed by atoms with Crippen LogP contribution in [0, 0.1) is 5.41 Å². The van der Waals surface area contributed by atoms with Gasteiger partial charge in [0.25, 0.3) is 5.91 Å². The number of aromatic nitrogens is 2. The predicted molar refractivity (Wildman–Crippen MR) is 94.3 cm³/mol. The summed E-state index contributed by atoms with van der Waals surface area (Å²) in [7, 11) is 0. The van der Waals surface area contributed by atoms with Crippen LogP contribution in [-0.4, -0.2) is 71.1 Å². The Hall–Kier alpha value is -1.53. The molecular weight excluding hydrogens is 316 g/mol. The summed E-state index contributed by atoms with van der Waals surface area (Å²) in [5, 5.41) is 0. The van der Waals surface area contributed by atoms with E-state index in [-0.39, 0.29) is 5.91 Å². The summed E-state index contributed by atoms with van der Waals surface area (Å²) in [6.07, 6.45) is 11.9. The average Bonchev–Trinajstić information content (AvgIpc) is 2.69. The van der Waals surface area contributed by atoms with Gasteiger partial charge >= 0.3 is 0 Å². The van der Waals surface area contributed by atoms with Crippen LogP contribution in [0.4, 0.5) is 0 Å². The molecule has 3 aliphatic rings. The van der Waals surface area contributed by atoms with E-state index in [2.05, 4.69) is 14.9 Å². The molecule has 136 valence electrons. The number of nitrogens with zero attached hydrogens (tertiary/aromatic N) is 4. The SMILES string of the molecule is O=C(c1cnccn1)N1CCCC2(CCN(C3CCOCC3)CC2)C1. The Balaban J connectivity index is 1.37. The van der Waals surface area contributed by atoms with Crippen molar-refractivity contribution in [2.75, 3.05) is 39.4 Å². The van der Waals surface area contributed by atoms with Gasteiger partial charge in [0.2, 0.25) is 0 Å². The van der Waals surface area contributed by atoms with Gasteiger partial charge in [0.05, 0.1) is 6.20 Å². The summed E-state index contributed by atoms with van der Waals surface area (Å²) in [6.45, 7) is 5.87. The maximum atomic E-state index is 12.7. The van der Waals surface area contributed by atoms with E-state index in [0.717, 1.165) is 45.8 Å². The highest BCUT2D eigenvalue weighted by molar-refractivity contribution is 5.92. The summed E-state index contributed by atoms with van der Waals surface area (Å²) in [6, 6.07) is 0.701. The monoisotopic (exact) mass is 344 g/mol. The molecule has 1 spiro atoms. The zero-order chi connectivity index (χ0) is 17.1. The maximum Gasteiger partial charge on any atom is 0.274 e. The average molecular weight is 344 g/mol. The van der Waals surface area contributed by atoms with Crippen molar-refractivity contribution < 1.29 is 9.53 Å². The van der Waals surface area contributed by atoms with Gasteiger partial charge in [-0.2, -0.15) is 0 Å². The number of amides is 1. The van der Waals surface area contributed by atoms with Crippen LogP contribution >= 0.6 is 0 Å². The topological polar surface area (TPSA) is 58.6 Å². The van der Waals surface area contributed by atoms with E-state index in [9.17, 15) is 4.79 Å². The van der Waals surface area contributed by atoms with Gasteiger partial charge in [0.1, 0.15) is 5.69 Å². The van der Waals surface area contributed by atoms with Crippen molar-refractivity contribution in [1.82, 2.24) is 19.8 Å². The molecule has 0 unspecified atom stereocenters. The summed E-state index contributed by atoms with van der Waals surface area (Å²) < 4.78 is 5.50. The van der Waals surface area contributed by atoms with Gasteiger partial charge in [-0.05, 0) is 57.0 Å². The highest BCUT2D eigenvalue weighted by Crippen LogP contribution is 2.41. The highest BCUT2D eigenvalue weighted by atomic mass is 16.5. The van der Waals surface area contributed by atoms with Crippen LogP contribution < -0.4 is 0 Å². The van der Waals surface area contributed by atoms with Gasteiger partial charge < -0.3 is 14.5 Å². The minimum atomic E-state index is 0.0408. The normalized spacial score (nSPS) is 25.2. The number of carbonyl (C=O) groups excluding carboxylic acids is 1.